The molecule has 0 heterocycles. The molecule has 9 heavy (non-hydrogen) atoms. The van der Waals surface area contributed by atoms with Crippen LogP contribution in [0.4, 0.5) is 0 Å². The zero-order valence-corrected chi connectivity index (χ0v) is 4.95. The highest BCUT2D eigenvalue weighted by atomic mass is 16.6. The third kappa shape index (κ3) is 1.83. The Balaban J connectivity index is 2.61. The largest absolute Gasteiger partial charge is 0.259 e. The second-order valence-electron chi connectivity index (χ2n) is 1.76. The summed E-state index contributed by atoms with van der Waals surface area (Å²) in [4.78, 5) is 3.93. The molecule has 0 saturated heterocycles. The molecule has 0 aliphatic carbocycles. The summed E-state index contributed by atoms with van der Waals surface area (Å²) < 4.78 is 0. The minimum Gasteiger partial charge on any atom is -0.259 e. The van der Waals surface area contributed by atoms with E-state index in [4.69, 9.17) is 5.90 Å². The highest BCUT2D eigenvalue weighted by Gasteiger charge is 1.86. The second kappa shape index (κ2) is 3.22. The Labute approximate surface area is 54.2 Å². The van der Waals surface area contributed by atoms with Crippen molar-refractivity contribution in [3.63, 3.8) is 0 Å². The van der Waals surface area contributed by atoms with Crippen LogP contribution in [-0.2, 0) is 11.4 Å². The molecule has 0 amide bonds. The monoisotopic (exact) mass is 121 g/mol. The lowest BCUT2D eigenvalue weighted by atomic mass is 10.2. The SMILES string of the molecule is [N]OCc1ccccc1. The van der Waals surface area contributed by atoms with Crippen molar-refractivity contribution in [3.8, 4) is 0 Å². The van der Waals surface area contributed by atoms with Gasteiger partial charge in [-0.3, -0.25) is 4.84 Å². The summed E-state index contributed by atoms with van der Waals surface area (Å²) in [7, 11) is 0. The summed E-state index contributed by atoms with van der Waals surface area (Å²) in [6.07, 6.45) is 0. The van der Waals surface area contributed by atoms with Crippen molar-refractivity contribution in [2.24, 2.45) is 0 Å². The van der Waals surface area contributed by atoms with Gasteiger partial charge in [-0.2, -0.15) is 0 Å². The quantitative estimate of drug-likeness (QED) is 0.541. The molecule has 2 heteroatoms. The fraction of sp³-hybridized carbons (Fsp3) is 0.143. The topological polar surface area (TPSA) is 31.5 Å². The van der Waals surface area contributed by atoms with Gasteiger partial charge in [0.05, 0.1) is 6.61 Å². The van der Waals surface area contributed by atoms with Gasteiger partial charge in [0.2, 0.25) is 0 Å². The normalized spacial score (nSPS) is 9.44. The molecule has 0 N–H and O–H groups in total. The Hall–Kier alpha value is -0.860. The molecule has 0 bridgehead atoms. The van der Waals surface area contributed by atoms with Crippen LogP contribution < -0.4 is 5.90 Å². The average Bonchev–Trinajstić information content (AvgIpc) is 1.91. The highest BCUT2D eigenvalue weighted by Crippen LogP contribution is 1.97. The Kier molecular flexibility index (Phi) is 2.24. The number of hydrogen-bond acceptors (Lipinski definition) is 1. The van der Waals surface area contributed by atoms with E-state index in [1.54, 1.807) is 0 Å². The van der Waals surface area contributed by atoms with Crippen LogP contribution in [0.5, 0.6) is 0 Å². The van der Waals surface area contributed by atoms with Crippen LogP contribution in [-0.4, -0.2) is 0 Å². The molecular weight excluding hydrogens is 114 g/mol. The van der Waals surface area contributed by atoms with E-state index in [2.05, 4.69) is 4.84 Å². The molecule has 0 aliphatic rings. The predicted octanol–water partition coefficient (Wildman–Crippen LogP) is 1.19. The molecule has 0 fully saturated rings. The molecule has 46 valence electrons. The summed E-state index contributed by atoms with van der Waals surface area (Å²) in [5.74, 6) is 8.02. The van der Waals surface area contributed by atoms with Crippen molar-refractivity contribution in [3.05, 3.63) is 35.9 Å². The van der Waals surface area contributed by atoms with Crippen LogP contribution >= 0.6 is 0 Å². The first-order chi connectivity index (χ1) is 4.43. The van der Waals surface area contributed by atoms with Crippen LogP contribution in [0.2, 0.25) is 0 Å². The Morgan fingerprint density at radius 3 is 2.44 bits per heavy atom. The van der Waals surface area contributed by atoms with E-state index in [1.165, 1.54) is 0 Å². The number of rotatable bonds is 2. The van der Waals surface area contributed by atoms with E-state index in [-0.39, 0.29) is 6.61 Å². The van der Waals surface area contributed by atoms with Crippen LogP contribution in [0.15, 0.2) is 30.3 Å². The van der Waals surface area contributed by atoms with E-state index >= 15 is 0 Å². The molecule has 0 aliphatic heterocycles. The van der Waals surface area contributed by atoms with Gasteiger partial charge in [0.15, 0.2) is 0 Å². The number of benzene rings is 1. The molecule has 2 nitrogen and oxygen atoms in total. The van der Waals surface area contributed by atoms with Gasteiger partial charge in [0, 0.05) is 5.90 Å². The summed E-state index contributed by atoms with van der Waals surface area (Å²) in [5, 5.41) is 0. The van der Waals surface area contributed by atoms with E-state index in [0.717, 1.165) is 5.56 Å². The minimum atomic E-state index is 0.265. The van der Waals surface area contributed by atoms with Crippen LogP contribution in [0.1, 0.15) is 5.56 Å². The molecule has 0 saturated carbocycles. The molecule has 0 unspecified atom stereocenters. The number of nitrogens with zero attached hydrogens (tertiary/aromatic N) is 1. The third-order valence-electron chi connectivity index (χ3n) is 1.07. The highest BCUT2D eigenvalue weighted by molar-refractivity contribution is 5.13. The van der Waals surface area contributed by atoms with Crippen molar-refractivity contribution in [2.75, 3.05) is 0 Å². The Morgan fingerprint density at radius 2 is 1.89 bits per heavy atom. The second-order valence-corrected chi connectivity index (χ2v) is 1.76. The first kappa shape index (κ1) is 6.26. The van der Waals surface area contributed by atoms with Gasteiger partial charge in [0.25, 0.3) is 0 Å². The van der Waals surface area contributed by atoms with Crippen LogP contribution in [0.25, 0.3) is 0 Å². The lowest BCUT2D eigenvalue weighted by Crippen LogP contribution is -1.86. The predicted molar refractivity (Wildman–Crippen MR) is 33.4 cm³/mol. The molecule has 2 radical (unpaired) electrons. The zero-order valence-electron chi connectivity index (χ0n) is 4.95. The van der Waals surface area contributed by atoms with Crippen molar-refractivity contribution < 1.29 is 4.84 Å². The van der Waals surface area contributed by atoms with E-state index < -0.39 is 0 Å². The maximum absolute atomic E-state index is 8.02. The average molecular weight is 121 g/mol. The van der Waals surface area contributed by atoms with Gasteiger partial charge in [-0.1, -0.05) is 30.3 Å². The van der Waals surface area contributed by atoms with Gasteiger partial charge in [-0.25, -0.2) is 0 Å². The Morgan fingerprint density at radius 1 is 1.22 bits per heavy atom. The van der Waals surface area contributed by atoms with E-state index in [0.29, 0.717) is 0 Å². The summed E-state index contributed by atoms with van der Waals surface area (Å²) in [6.45, 7) is 0.265. The lowest BCUT2D eigenvalue weighted by molar-refractivity contribution is 0.104. The molecule has 0 atom stereocenters. The zero-order chi connectivity index (χ0) is 6.53. The third-order valence-corrected chi connectivity index (χ3v) is 1.07. The van der Waals surface area contributed by atoms with Crippen LogP contribution in [0, 0.1) is 0 Å². The van der Waals surface area contributed by atoms with Crippen molar-refractivity contribution >= 4 is 0 Å². The van der Waals surface area contributed by atoms with E-state index in [1.807, 2.05) is 30.3 Å². The van der Waals surface area contributed by atoms with Crippen molar-refractivity contribution in [1.29, 1.82) is 0 Å². The molecule has 1 aromatic carbocycles. The van der Waals surface area contributed by atoms with Gasteiger partial charge in [0.1, 0.15) is 0 Å². The minimum absolute atomic E-state index is 0.265. The maximum atomic E-state index is 8.02. The first-order valence-electron chi connectivity index (χ1n) is 2.74. The van der Waals surface area contributed by atoms with Gasteiger partial charge in [-0.05, 0) is 5.56 Å². The smallest absolute Gasteiger partial charge is 0.0970 e. The molecule has 1 rings (SSSR count). The Bertz CT molecular complexity index is 162. The first-order valence-corrected chi connectivity index (χ1v) is 2.74. The van der Waals surface area contributed by atoms with E-state index in [9.17, 15) is 0 Å². The van der Waals surface area contributed by atoms with Gasteiger partial charge < -0.3 is 0 Å². The summed E-state index contributed by atoms with van der Waals surface area (Å²) >= 11 is 0. The fourth-order valence-corrected chi connectivity index (χ4v) is 0.649. The van der Waals surface area contributed by atoms with Crippen molar-refractivity contribution in [2.45, 2.75) is 6.61 Å². The van der Waals surface area contributed by atoms with Crippen LogP contribution in [0.3, 0.4) is 0 Å². The molecular formula is C7H7NO. The lowest BCUT2D eigenvalue weighted by Gasteiger charge is -1.92. The van der Waals surface area contributed by atoms with Gasteiger partial charge in [-0.15, -0.1) is 0 Å². The molecule has 0 spiro atoms. The fourth-order valence-electron chi connectivity index (χ4n) is 0.649. The molecule has 1 aromatic rings. The number of hydrogen-bond donors (Lipinski definition) is 0. The molecule has 0 aromatic heterocycles. The summed E-state index contributed by atoms with van der Waals surface area (Å²) in [6, 6.07) is 9.48. The maximum Gasteiger partial charge on any atom is 0.0970 e. The standard InChI is InChI=1S/C7H7NO/c8-9-6-7-4-2-1-3-5-7/h1-5H,6H2. The van der Waals surface area contributed by atoms with Gasteiger partial charge >= 0.3 is 0 Å². The summed E-state index contributed by atoms with van der Waals surface area (Å²) in [5.41, 5.74) is 0.972. The van der Waals surface area contributed by atoms with Crippen molar-refractivity contribution in [1.82, 2.24) is 5.90 Å².